The fourth-order valence-electron chi connectivity index (χ4n) is 2.23. The van der Waals surface area contributed by atoms with Crippen molar-refractivity contribution in [2.45, 2.75) is 6.42 Å². The maximum atomic E-state index is 5.98. The van der Waals surface area contributed by atoms with Gasteiger partial charge in [-0.15, -0.1) is 10.2 Å². The molecule has 4 rings (SSSR count). The van der Waals surface area contributed by atoms with Gasteiger partial charge in [-0.2, -0.15) is 4.98 Å². The van der Waals surface area contributed by atoms with E-state index in [1.807, 2.05) is 47.0 Å². The average molecular weight is 312 g/mol. The van der Waals surface area contributed by atoms with Gasteiger partial charge in [0.05, 0.1) is 6.42 Å². The van der Waals surface area contributed by atoms with Crippen LogP contribution >= 0.6 is 11.6 Å². The number of pyridine rings is 1. The van der Waals surface area contributed by atoms with Crippen LogP contribution in [0.15, 0.2) is 53.4 Å². The van der Waals surface area contributed by atoms with Crippen molar-refractivity contribution in [2.75, 3.05) is 0 Å². The molecule has 3 heterocycles. The third kappa shape index (κ3) is 2.44. The molecule has 0 radical (unpaired) electrons. The minimum absolute atomic E-state index is 0.535. The van der Waals surface area contributed by atoms with E-state index in [1.165, 1.54) is 0 Å². The van der Waals surface area contributed by atoms with Crippen LogP contribution in [-0.4, -0.2) is 24.7 Å². The highest BCUT2D eigenvalue weighted by atomic mass is 35.5. The van der Waals surface area contributed by atoms with Crippen molar-refractivity contribution in [3.05, 3.63) is 65.4 Å². The highest BCUT2D eigenvalue weighted by Gasteiger charge is 2.10. The average Bonchev–Trinajstić information content (AvgIpc) is 3.15. The monoisotopic (exact) mass is 311 g/mol. The molecule has 6 nitrogen and oxygen atoms in total. The summed E-state index contributed by atoms with van der Waals surface area (Å²) >= 11 is 5.98. The molecule has 0 atom stereocenters. The molecule has 0 N–H and O–H groups in total. The van der Waals surface area contributed by atoms with Gasteiger partial charge in [-0.25, -0.2) is 0 Å². The first-order valence-corrected chi connectivity index (χ1v) is 7.02. The van der Waals surface area contributed by atoms with E-state index in [9.17, 15) is 0 Å². The molecule has 108 valence electrons. The number of rotatable bonds is 3. The highest BCUT2D eigenvalue weighted by molar-refractivity contribution is 6.30. The van der Waals surface area contributed by atoms with Gasteiger partial charge in [0.2, 0.25) is 11.7 Å². The number of aromatic nitrogens is 5. The molecule has 7 heteroatoms. The third-order valence-corrected chi connectivity index (χ3v) is 3.50. The summed E-state index contributed by atoms with van der Waals surface area (Å²) in [6, 6.07) is 11.3. The van der Waals surface area contributed by atoms with Crippen molar-refractivity contribution in [2.24, 2.45) is 0 Å². The molecule has 0 saturated carbocycles. The third-order valence-electron chi connectivity index (χ3n) is 3.26. The molecule has 0 aliphatic carbocycles. The van der Waals surface area contributed by atoms with E-state index in [4.69, 9.17) is 16.1 Å². The van der Waals surface area contributed by atoms with Gasteiger partial charge in [0.25, 0.3) is 0 Å². The van der Waals surface area contributed by atoms with Crippen LogP contribution in [0, 0.1) is 0 Å². The van der Waals surface area contributed by atoms with Crippen LogP contribution in [0.2, 0.25) is 5.02 Å². The predicted molar refractivity (Wildman–Crippen MR) is 80.5 cm³/mol. The van der Waals surface area contributed by atoms with Crippen molar-refractivity contribution >= 4 is 17.2 Å². The largest absolute Gasteiger partial charge is 0.339 e. The SMILES string of the molecule is Clc1cccc(Cc2nc(-c3ccc4nncn4c3)no2)c1. The Kier molecular flexibility index (Phi) is 3.08. The van der Waals surface area contributed by atoms with E-state index in [1.54, 1.807) is 6.33 Å². The van der Waals surface area contributed by atoms with E-state index in [-0.39, 0.29) is 0 Å². The summed E-state index contributed by atoms with van der Waals surface area (Å²) in [5.41, 5.74) is 2.64. The van der Waals surface area contributed by atoms with Crippen molar-refractivity contribution in [1.82, 2.24) is 24.7 Å². The number of benzene rings is 1. The smallest absolute Gasteiger partial charge is 0.231 e. The fraction of sp³-hybridized carbons (Fsp3) is 0.0667. The normalized spacial score (nSPS) is 11.1. The van der Waals surface area contributed by atoms with Gasteiger partial charge in [-0.3, -0.25) is 4.40 Å². The van der Waals surface area contributed by atoms with Gasteiger partial charge >= 0.3 is 0 Å². The van der Waals surface area contributed by atoms with Gasteiger partial charge in [0.1, 0.15) is 6.33 Å². The van der Waals surface area contributed by atoms with Crippen LogP contribution in [0.3, 0.4) is 0 Å². The molecule has 0 unspecified atom stereocenters. The molecule has 4 aromatic rings. The van der Waals surface area contributed by atoms with Crippen molar-refractivity contribution < 1.29 is 4.52 Å². The van der Waals surface area contributed by atoms with E-state index in [2.05, 4.69) is 20.3 Å². The van der Waals surface area contributed by atoms with Crippen molar-refractivity contribution in [1.29, 1.82) is 0 Å². The highest BCUT2D eigenvalue weighted by Crippen LogP contribution is 2.18. The first-order valence-electron chi connectivity index (χ1n) is 6.65. The Hall–Kier alpha value is -2.73. The first kappa shape index (κ1) is 13.0. The molecule has 1 aromatic carbocycles. The van der Waals surface area contributed by atoms with E-state index in [0.717, 1.165) is 16.8 Å². The second-order valence-corrected chi connectivity index (χ2v) is 5.27. The topological polar surface area (TPSA) is 69.1 Å². The summed E-state index contributed by atoms with van der Waals surface area (Å²) in [6.45, 7) is 0. The number of hydrogen-bond acceptors (Lipinski definition) is 5. The van der Waals surface area contributed by atoms with E-state index < -0.39 is 0 Å². The quantitative estimate of drug-likeness (QED) is 0.581. The minimum atomic E-state index is 0.535. The Bertz CT molecular complexity index is 946. The summed E-state index contributed by atoms with van der Waals surface area (Å²) in [5, 5.41) is 12.5. The van der Waals surface area contributed by atoms with Gasteiger partial charge in [0.15, 0.2) is 5.65 Å². The summed E-state index contributed by atoms with van der Waals surface area (Å²) in [6.07, 6.45) is 4.04. The lowest BCUT2D eigenvalue weighted by Gasteiger charge is -1.97. The summed E-state index contributed by atoms with van der Waals surface area (Å²) in [5.74, 6) is 1.08. The van der Waals surface area contributed by atoms with Gasteiger partial charge in [-0.05, 0) is 29.8 Å². The minimum Gasteiger partial charge on any atom is -0.339 e. The Labute approximate surface area is 130 Å². The number of nitrogens with zero attached hydrogens (tertiary/aromatic N) is 5. The lowest BCUT2D eigenvalue weighted by Crippen LogP contribution is -1.89. The molecule has 0 bridgehead atoms. The molecular weight excluding hydrogens is 302 g/mol. The van der Waals surface area contributed by atoms with Crippen LogP contribution in [0.1, 0.15) is 11.5 Å². The lowest BCUT2D eigenvalue weighted by atomic mass is 10.1. The van der Waals surface area contributed by atoms with E-state index >= 15 is 0 Å². The Balaban J connectivity index is 1.63. The van der Waals surface area contributed by atoms with Gasteiger partial charge in [-0.1, -0.05) is 28.9 Å². The molecule has 0 saturated heterocycles. The van der Waals surface area contributed by atoms with Gasteiger partial charge < -0.3 is 4.52 Å². The molecule has 3 aromatic heterocycles. The molecule has 0 aliphatic heterocycles. The van der Waals surface area contributed by atoms with Crippen LogP contribution in [0.25, 0.3) is 17.0 Å². The van der Waals surface area contributed by atoms with E-state index in [0.29, 0.717) is 23.2 Å². The zero-order valence-corrected chi connectivity index (χ0v) is 12.1. The summed E-state index contributed by atoms with van der Waals surface area (Å²) < 4.78 is 7.12. The number of hydrogen-bond donors (Lipinski definition) is 0. The second-order valence-electron chi connectivity index (χ2n) is 4.83. The maximum Gasteiger partial charge on any atom is 0.231 e. The Morgan fingerprint density at radius 3 is 3.05 bits per heavy atom. The van der Waals surface area contributed by atoms with Crippen LogP contribution in [0.5, 0.6) is 0 Å². The fourth-order valence-corrected chi connectivity index (χ4v) is 2.44. The standard InChI is InChI=1S/C15H10ClN5O/c16-12-3-1-2-10(6-12)7-14-18-15(20-22-14)11-4-5-13-19-17-9-21(13)8-11/h1-6,8-9H,7H2. The molecule has 0 amide bonds. The molecule has 0 fully saturated rings. The summed E-state index contributed by atoms with van der Waals surface area (Å²) in [4.78, 5) is 4.42. The molecular formula is C15H10ClN5O. The maximum absolute atomic E-state index is 5.98. The molecule has 0 spiro atoms. The Morgan fingerprint density at radius 2 is 2.14 bits per heavy atom. The van der Waals surface area contributed by atoms with Crippen LogP contribution < -0.4 is 0 Å². The number of fused-ring (bicyclic) bond motifs is 1. The zero-order valence-electron chi connectivity index (χ0n) is 11.3. The lowest BCUT2D eigenvalue weighted by molar-refractivity contribution is 0.385. The van der Waals surface area contributed by atoms with Crippen molar-refractivity contribution in [3.8, 4) is 11.4 Å². The van der Waals surface area contributed by atoms with Gasteiger partial charge in [0, 0.05) is 16.8 Å². The molecule has 0 aliphatic rings. The second kappa shape index (κ2) is 5.23. The van der Waals surface area contributed by atoms with Crippen molar-refractivity contribution in [3.63, 3.8) is 0 Å². The summed E-state index contributed by atoms with van der Waals surface area (Å²) in [7, 11) is 0. The van der Waals surface area contributed by atoms with Crippen LogP contribution in [-0.2, 0) is 6.42 Å². The Morgan fingerprint density at radius 1 is 1.18 bits per heavy atom. The molecule has 22 heavy (non-hydrogen) atoms. The first-order chi connectivity index (χ1) is 10.8. The zero-order chi connectivity index (χ0) is 14.9. The number of halogens is 1. The van der Waals surface area contributed by atoms with Crippen LogP contribution in [0.4, 0.5) is 0 Å². The predicted octanol–water partition coefficient (Wildman–Crippen LogP) is 3.02.